The summed E-state index contributed by atoms with van der Waals surface area (Å²) in [6, 6.07) is 8.65. The van der Waals surface area contributed by atoms with E-state index in [1.165, 1.54) is 20.3 Å². The van der Waals surface area contributed by atoms with Crippen molar-refractivity contribution >= 4 is 17.7 Å². The number of thioether (sulfide) groups is 1. The number of esters is 1. The molecule has 2 rings (SSSR count). The van der Waals surface area contributed by atoms with Crippen molar-refractivity contribution < 1.29 is 23.8 Å². The molecule has 0 bridgehead atoms. The summed E-state index contributed by atoms with van der Waals surface area (Å²) in [6.45, 7) is 0.0822. The van der Waals surface area contributed by atoms with Gasteiger partial charge in [-0.25, -0.2) is 0 Å². The van der Waals surface area contributed by atoms with E-state index in [9.17, 15) is 14.7 Å². The molecule has 1 aromatic carbocycles. The minimum Gasteiger partial charge on any atom is -0.502 e. The van der Waals surface area contributed by atoms with E-state index in [-0.39, 0.29) is 24.5 Å². The van der Waals surface area contributed by atoms with Gasteiger partial charge in [0, 0.05) is 18.1 Å². The van der Waals surface area contributed by atoms with Crippen LogP contribution in [-0.4, -0.2) is 31.6 Å². The fourth-order valence-electron chi connectivity index (χ4n) is 2.45. The molecule has 1 N–H and O–H groups in total. The highest BCUT2D eigenvalue weighted by atomic mass is 32.2. The molecule has 1 aromatic heterocycles. The van der Waals surface area contributed by atoms with Gasteiger partial charge in [0.15, 0.2) is 5.76 Å². The van der Waals surface area contributed by atoms with Crippen molar-refractivity contribution in [2.45, 2.75) is 23.8 Å². The van der Waals surface area contributed by atoms with Crippen LogP contribution in [0.4, 0.5) is 0 Å². The van der Waals surface area contributed by atoms with E-state index < -0.39 is 23.1 Å². The van der Waals surface area contributed by atoms with Crippen molar-refractivity contribution in [1.29, 1.82) is 0 Å². The Morgan fingerprint density at radius 2 is 1.96 bits per heavy atom. The maximum Gasteiger partial charge on any atom is 0.306 e. The van der Waals surface area contributed by atoms with Gasteiger partial charge in [-0.3, -0.25) is 9.59 Å². The summed E-state index contributed by atoms with van der Waals surface area (Å²) in [5.41, 5.74) is 0.153. The van der Waals surface area contributed by atoms with Crippen LogP contribution in [0.1, 0.15) is 29.4 Å². The summed E-state index contributed by atoms with van der Waals surface area (Å²) in [7, 11) is 2.76. The molecule has 0 radical (unpaired) electrons. The van der Waals surface area contributed by atoms with Crippen molar-refractivity contribution in [1.82, 2.24) is 0 Å². The van der Waals surface area contributed by atoms with Gasteiger partial charge in [-0.05, 0) is 24.0 Å². The van der Waals surface area contributed by atoms with Crippen LogP contribution in [0.15, 0.2) is 44.4 Å². The van der Waals surface area contributed by atoms with Gasteiger partial charge in [0.2, 0.25) is 11.2 Å². The monoisotopic (exact) mass is 364 g/mol. The number of benzene rings is 1. The van der Waals surface area contributed by atoms with Gasteiger partial charge in [0.25, 0.3) is 0 Å². The lowest BCUT2D eigenvalue weighted by Gasteiger charge is -2.17. The lowest BCUT2D eigenvalue weighted by molar-refractivity contribution is -0.140. The molecule has 0 aliphatic rings. The molecule has 6 nitrogen and oxygen atoms in total. The summed E-state index contributed by atoms with van der Waals surface area (Å²) >= 11 is 1.59. The molecule has 0 amide bonds. The van der Waals surface area contributed by atoms with Crippen LogP contribution in [0.3, 0.4) is 0 Å². The van der Waals surface area contributed by atoms with Gasteiger partial charge in [0.1, 0.15) is 12.4 Å². The zero-order chi connectivity index (χ0) is 18.4. The summed E-state index contributed by atoms with van der Waals surface area (Å²) < 4.78 is 15.4. The first-order chi connectivity index (χ1) is 12.0. The van der Waals surface area contributed by atoms with Gasteiger partial charge in [-0.1, -0.05) is 12.1 Å². The zero-order valence-electron chi connectivity index (χ0n) is 14.3. The molecule has 1 atom stereocenters. The second-order valence-electron chi connectivity index (χ2n) is 5.33. The first-order valence-corrected chi connectivity index (χ1v) is 8.78. The first kappa shape index (κ1) is 19.1. The minimum atomic E-state index is -0.645. The number of carbonyl (C=O) groups is 1. The molecule has 0 aliphatic heterocycles. The minimum absolute atomic E-state index is 0.0295. The van der Waals surface area contributed by atoms with Crippen LogP contribution in [0.25, 0.3) is 0 Å². The molecule has 0 saturated heterocycles. The average Bonchev–Trinajstić information content (AvgIpc) is 2.63. The molecule has 0 fully saturated rings. The highest BCUT2D eigenvalue weighted by Crippen LogP contribution is 2.34. The molecule has 25 heavy (non-hydrogen) atoms. The zero-order valence-corrected chi connectivity index (χ0v) is 15.1. The largest absolute Gasteiger partial charge is 0.502 e. The molecule has 1 heterocycles. The van der Waals surface area contributed by atoms with Crippen molar-refractivity contribution in [2.75, 3.05) is 20.5 Å². The Hall–Kier alpha value is -2.25. The SMILES string of the molecule is COCc1cc(=O)c(O)c([C@@H](CC(=O)OC)c2ccc(SC)cc2)o1. The van der Waals surface area contributed by atoms with E-state index >= 15 is 0 Å². The van der Waals surface area contributed by atoms with Gasteiger partial charge in [-0.15, -0.1) is 11.8 Å². The van der Waals surface area contributed by atoms with Crippen LogP contribution in [0.5, 0.6) is 5.75 Å². The highest BCUT2D eigenvalue weighted by molar-refractivity contribution is 7.98. The van der Waals surface area contributed by atoms with Crippen LogP contribution >= 0.6 is 11.8 Å². The summed E-state index contributed by atoms with van der Waals surface area (Å²) in [5, 5.41) is 10.2. The van der Waals surface area contributed by atoms with Gasteiger partial charge in [-0.2, -0.15) is 0 Å². The fraction of sp³-hybridized carbons (Fsp3) is 0.333. The Balaban J connectivity index is 2.54. The third-order valence-electron chi connectivity index (χ3n) is 3.72. The van der Waals surface area contributed by atoms with Gasteiger partial charge >= 0.3 is 5.97 Å². The van der Waals surface area contributed by atoms with Crippen molar-refractivity contribution in [3.63, 3.8) is 0 Å². The Kier molecular flexibility index (Phi) is 6.66. The Morgan fingerprint density at radius 1 is 1.28 bits per heavy atom. The third kappa shape index (κ3) is 4.64. The Labute approximate surface area is 149 Å². The molecule has 0 saturated carbocycles. The van der Waals surface area contributed by atoms with Crippen molar-refractivity contribution in [3.05, 3.63) is 57.6 Å². The quantitative estimate of drug-likeness (QED) is 0.597. The normalized spacial score (nSPS) is 12.0. The standard InChI is InChI=1S/C18H20O6S/c1-22-10-12-8-15(19)17(21)18(24-12)14(9-16(20)23-2)11-4-6-13(25-3)7-5-11/h4-8,14,21H,9-10H2,1-3H3/t14-/m0/s1. The molecule has 0 spiro atoms. The molecular weight excluding hydrogens is 344 g/mol. The van der Waals surface area contributed by atoms with E-state index in [1.54, 1.807) is 11.8 Å². The Bertz CT molecular complexity index is 781. The van der Waals surface area contributed by atoms with Crippen LogP contribution in [0, 0.1) is 0 Å². The summed E-state index contributed by atoms with van der Waals surface area (Å²) in [5.74, 6) is -1.33. The van der Waals surface area contributed by atoms with Crippen LogP contribution in [-0.2, 0) is 20.9 Å². The second kappa shape index (κ2) is 8.73. The molecular formula is C18H20O6S. The second-order valence-corrected chi connectivity index (χ2v) is 6.21. The van der Waals surface area contributed by atoms with E-state index in [1.807, 2.05) is 30.5 Å². The number of hydrogen-bond donors (Lipinski definition) is 1. The van der Waals surface area contributed by atoms with E-state index in [0.717, 1.165) is 10.5 Å². The smallest absolute Gasteiger partial charge is 0.306 e. The molecule has 0 unspecified atom stereocenters. The predicted octanol–water partition coefficient (Wildman–Crippen LogP) is 2.91. The van der Waals surface area contributed by atoms with Crippen molar-refractivity contribution in [2.24, 2.45) is 0 Å². The number of carbonyl (C=O) groups excluding carboxylic acids is 1. The first-order valence-electron chi connectivity index (χ1n) is 7.55. The summed E-state index contributed by atoms with van der Waals surface area (Å²) in [4.78, 5) is 24.9. The maximum absolute atomic E-state index is 12.0. The maximum atomic E-state index is 12.0. The highest BCUT2D eigenvalue weighted by Gasteiger charge is 2.26. The molecule has 0 aliphatic carbocycles. The lowest BCUT2D eigenvalue weighted by atomic mass is 9.92. The van der Waals surface area contributed by atoms with Crippen LogP contribution in [0.2, 0.25) is 0 Å². The molecule has 134 valence electrons. The van der Waals surface area contributed by atoms with E-state index in [2.05, 4.69) is 0 Å². The topological polar surface area (TPSA) is 86.0 Å². The number of methoxy groups -OCH3 is 2. The number of hydrogen-bond acceptors (Lipinski definition) is 7. The molecule has 7 heteroatoms. The predicted molar refractivity (Wildman–Crippen MR) is 94.1 cm³/mol. The molecule has 2 aromatic rings. The number of rotatable bonds is 7. The van der Waals surface area contributed by atoms with Crippen LogP contribution < -0.4 is 5.43 Å². The van der Waals surface area contributed by atoms with Gasteiger partial charge in [0.05, 0.1) is 19.4 Å². The van der Waals surface area contributed by atoms with E-state index in [4.69, 9.17) is 13.9 Å². The number of aromatic hydroxyl groups is 1. The Morgan fingerprint density at radius 3 is 2.52 bits per heavy atom. The number of ether oxygens (including phenoxy) is 2. The average molecular weight is 364 g/mol. The fourth-order valence-corrected chi connectivity index (χ4v) is 2.86. The van der Waals surface area contributed by atoms with E-state index in [0.29, 0.717) is 0 Å². The third-order valence-corrected chi connectivity index (χ3v) is 4.46. The lowest BCUT2D eigenvalue weighted by Crippen LogP contribution is -2.14. The van der Waals surface area contributed by atoms with Gasteiger partial charge < -0.3 is 19.0 Å². The van der Waals surface area contributed by atoms with Crippen molar-refractivity contribution in [3.8, 4) is 5.75 Å². The summed E-state index contributed by atoms with van der Waals surface area (Å²) in [6.07, 6.45) is 1.89.